The fourth-order valence-electron chi connectivity index (χ4n) is 2.00. The van der Waals surface area contributed by atoms with Gasteiger partial charge < -0.3 is 20.5 Å². The summed E-state index contributed by atoms with van der Waals surface area (Å²) in [6.07, 6.45) is 0.312. The summed E-state index contributed by atoms with van der Waals surface area (Å²) in [7, 11) is 0. The molecule has 3 N–H and O–H groups in total. The monoisotopic (exact) mass is 200 g/mol. The number of β-amino-alcohol motifs (C(OH)–C–C–N with tert-alkyl or cyclic N) is 1. The second-order valence-electron chi connectivity index (χ2n) is 4.03. The minimum atomic E-state index is -0.363. The predicted octanol–water partition coefficient (Wildman–Crippen LogP) is -1.45. The molecule has 0 aromatic rings. The van der Waals surface area contributed by atoms with E-state index in [2.05, 4.69) is 0 Å². The molecule has 5 nitrogen and oxygen atoms in total. The molecule has 0 bridgehead atoms. The van der Waals surface area contributed by atoms with Crippen LogP contribution in [0.1, 0.15) is 6.42 Å². The molecule has 5 heteroatoms. The van der Waals surface area contributed by atoms with E-state index >= 15 is 0 Å². The highest BCUT2D eigenvalue weighted by atomic mass is 16.5. The van der Waals surface area contributed by atoms with E-state index in [9.17, 15) is 9.90 Å². The van der Waals surface area contributed by atoms with Gasteiger partial charge in [0.1, 0.15) is 0 Å². The number of nitrogens with zero attached hydrogens (tertiary/aromatic N) is 1. The van der Waals surface area contributed by atoms with Crippen LogP contribution in [0, 0.1) is 5.92 Å². The minimum absolute atomic E-state index is 0.0338. The van der Waals surface area contributed by atoms with Crippen LogP contribution in [0.5, 0.6) is 0 Å². The smallest absolute Gasteiger partial charge is 0.229 e. The summed E-state index contributed by atoms with van der Waals surface area (Å²) >= 11 is 0. The lowest BCUT2D eigenvalue weighted by Crippen LogP contribution is -2.42. The Morgan fingerprint density at radius 3 is 2.79 bits per heavy atom. The lowest BCUT2D eigenvalue weighted by Gasteiger charge is -2.21. The SMILES string of the molecule is NC1COCC1C(=O)N1CCC(O)C1. The second kappa shape index (κ2) is 3.84. The third-order valence-corrected chi connectivity index (χ3v) is 2.92. The van der Waals surface area contributed by atoms with Gasteiger partial charge in [-0.1, -0.05) is 0 Å². The summed E-state index contributed by atoms with van der Waals surface area (Å²) in [5, 5.41) is 9.30. The van der Waals surface area contributed by atoms with E-state index in [-0.39, 0.29) is 24.0 Å². The molecule has 3 atom stereocenters. The number of carbonyl (C=O) groups is 1. The number of amides is 1. The topological polar surface area (TPSA) is 75.8 Å². The summed E-state index contributed by atoms with van der Waals surface area (Å²) in [5.41, 5.74) is 5.75. The van der Waals surface area contributed by atoms with Gasteiger partial charge in [-0.15, -0.1) is 0 Å². The number of likely N-dealkylation sites (tertiary alicyclic amines) is 1. The van der Waals surface area contributed by atoms with Gasteiger partial charge in [-0.3, -0.25) is 4.79 Å². The Kier molecular flexibility index (Phi) is 2.71. The van der Waals surface area contributed by atoms with Crippen LogP contribution in [-0.4, -0.2) is 54.4 Å². The Morgan fingerprint density at radius 1 is 1.50 bits per heavy atom. The fraction of sp³-hybridized carbons (Fsp3) is 0.889. The first-order chi connectivity index (χ1) is 6.68. The van der Waals surface area contributed by atoms with E-state index < -0.39 is 0 Å². The minimum Gasteiger partial charge on any atom is -0.391 e. The average molecular weight is 200 g/mol. The van der Waals surface area contributed by atoms with Crippen LogP contribution >= 0.6 is 0 Å². The van der Waals surface area contributed by atoms with Gasteiger partial charge in [-0.25, -0.2) is 0 Å². The van der Waals surface area contributed by atoms with Crippen molar-refractivity contribution in [3.8, 4) is 0 Å². The molecular weight excluding hydrogens is 184 g/mol. The summed E-state index contributed by atoms with van der Waals surface area (Å²) in [4.78, 5) is 13.5. The van der Waals surface area contributed by atoms with Gasteiger partial charge in [0, 0.05) is 19.1 Å². The van der Waals surface area contributed by atoms with Gasteiger partial charge in [0.25, 0.3) is 0 Å². The maximum atomic E-state index is 11.9. The highest BCUT2D eigenvalue weighted by Crippen LogP contribution is 2.18. The number of nitrogens with two attached hydrogens (primary N) is 1. The first-order valence-corrected chi connectivity index (χ1v) is 4.98. The molecule has 1 amide bonds. The molecule has 2 aliphatic rings. The highest BCUT2D eigenvalue weighted by Gasteiger charge is 2.36. The normalized spacial score (nSPS) is 37.9. The lowest BCUT2D eigenvalue weighted by atomic mass is 10.0. The third-order valence-electron chi connectivity index (χ3n) is 2.92. The van der Waals surface area contributed by atoms with Gasteiger partial charge in [-0.05, 0) is 6.42 Å². The van der Waals surface area contributed by atoms with E-state index in [1.807, 2.05) is 0 Å². The standard InChI is InChI=1S/C9H16N2O3/c10-8-5-14-4-7(8)9(13)11-2-1-6(12)3-11/h6-8,12H,1-5,10H2. The van der Waals surface area contributed by atoms with Crippen molar-refractivity contribution in [1.29, 1.82) is 0 Å². The van der Waals surface area contributed by atoms with E-state index in [0.29, 0.717) is 32.7 Å². The van der Waals surface area contributed by atoms with Crippen molar-refractivity contribution in [2.45, 2.75) is 18.6 Å². The number of ether oxygens (including phenoxy) is 1. The van der Waals surface area contributed by atoms with Crippen LogP contribution < -0.4 is 5.73 Å². The molecule has 3 unspecified atom stereocenters. The van der Waals surface area contributed by atoms with Crippen LogP contribution in [0.15, 0.2) is 0 Å². The summed E-state index contributed by atoms with van der Waals surface area (Å²) in [5.74, 6) is -0.174. The van der Waals surface area contributed by atoms with E-state index in [1.54, 1.807) is 4.90 Å². The van der Waals surface area contributed by atoms with Gasteiger partial charge >= 0.3 is 0 Å². The summed E-state index contributed by atoms with van der Waals surface area (Å²) < 4.78 is 5.14. The maximum absolute atomic E-state index is 11.9. The number of rotatable bonds is 1. The molecule has 2 rings (SSSR count). The van der Waals surface area contributed by atoms with Crippen molar-refractivity contribution in [3.63, 3.8) is 0 Å². The van der Waals surface area contributed by atoms with Crippen LogP contribution in [0.3, 0.4) is 0 Å². The van der Waals surface area contributed by atoms with Crippen molar-refractivity contribution < 1.29 is 14.6 Å². The Labute approximate surface area is 82.8 Å². The zero-order valence-electron chi connectivity index (χ0n) is 8.06. The molecule has 2 aliphatic heterocycles. The second-order valence-corrected chi connectivity index (χ2v) is 4.03. The van der Waals surface area contributed by atoms with Crippen molar-refractivity contribution in [3.05, 3.63) is 0 Å². The molecule has 2 heterocycles. The van der Waals surface area contributed by atoms with Gasteiger partial charge in [0.05, 0.1) is 25.2 Å². The molecule has 0 radical (unpaired) electrons. The largest absolute Gasteiger partial charge is 0.391 e. The van der Waals surface area contributed by atoms with Crippen LogP contribution in [0.2, 0.25) is 0 Å². The lowest BCUT2D eigenvalue weighted by molar-refractivity contribution is -0.135. The molecule has 80 valence electrons. The zero-order chi connectivity index (χ0) is 10.1. The van der Waals surface area contributed by atoms with E-state index in [0.717, 1.165) is 0 Å². The van der Waals surface area contributed by atoms with E-state index in [4.69, 9.17) is 10.5 Å². The van der Waals surface area contributed by atoms with Crippen LogP contribution in [0.4, 0.5) is 0 Å². The summed E-state index contributed by atoms with van der Waals surface area (Å²) in [6, 6.07) is -0.180. The average Bonchev–Trinajstić information content (AvgIpc) is 2.73. The predicted molar refractivity (Wildman–Crippen MR) is 49.5 cm³/mol. The molecule has 2 fully saturated rings. The van der Waals surface area contributed by atoms with Crippen molar-refractivity contribution in [1.82, 2.24) is 4.90 Å². The van der Waals surface area contributed by atoms with Gasteiger partial charge in [-0.2, -0.15) is 0 Å². The fourth-order valence-corrected chi connectivity index (χ4v) is 2.00. The molecule has 0 aliphatic carbocycles. The Morgan fingerprint density at radius 2 is 2.29 bits per heavy atom. The van der Waals surface area contributed by atoms with Gasteiger partial charge in [0.15, 0.2) is 0 Å². The number of carbonyl (C=O) groups excluding carboxylic acids is 1. The molecule has 0 saturated carbocycles. The molecule has 2 saturated heterocycles. The van der Waals surface area contributed by atoms with Crippen molar-refractivity contribution in [2.24, 2.45) is 11.7 Å². The number of hydrogen-bond acceptors (Lipinski definition) is 4. The van der Waals surface area contributed by atoms with Crippen molar-refractivity contribution in [2.75, 3.05) is 26.3 Å². The van der Waals surface area contributed by atoms with Gasteiger partial charge in [0.2, 0.25) is 5.91 Å². The third kappa shape index (κ3) is 1.75. The zero-order valence-corrected chi connectivity index (χ0v) is 8.06. The van der Waals surface area contributed by atoms with Crippen molar-refractivity contribution >= 4 is 5.91 Å². The van der Waals surface area contributed by atoms with E-state index in [1.165, 1.54) is 0 Å². The molecule has 14 heavy (non-hydrogen) atoms. The quantitative estimate of drug-likeness (QED) is 0.543. The highest BCUT2D eigenvalue weighted by molar-refractivity contribution is 5.80. The Hall–Kier alpha value is -0.650. The van der Waals surface area contributed by atoms with Crippen LogP contribution in [0.25, 0.3) is 0 Å². The number of aliphatic hydroxyl groups excluding tert-OH is 1. The maximum Gasteiger partial charge on any atom is 0.229 e. The Bertz CT molecular complexity index is 234. The first kappa shape index (κ1) is 9.89. The summed E-state index contributed by atoms with van der Waals surface area (Å²) in [6.45, 7) is 1.98. The van der Waals surface area contributed by atoms with Crippen LogP contribution in [-0.2, 0) is 9.53 Å². The molecule has 0 aromatic heterocycles. The number of hydrogen-bond donors (Lipinski definition) is 2. The Balaban J connectivity index is 1.94. The number of aliphatic hydroxyl groups is 1. The molecule has 0 spiro atoms. The first-order valence-electron chi connectivity index (χ1n) is 4.98. The molecule has 0 aromatic carbocycles. The molecular formula is C9H16N2O3.